The number of hydrogen-bond donors (Lipinski definition) is 10. The number of aliphatic hydroxyl groups is 2. The van der Waals surface area contributed by atoms with Crippen LogP contribution in [0.5, 0.6) is 23.0 Å². The van der Waals surface area contributed by atoms with Gasteiger partial charge in [0.2, 0.25) is 20.0 Å². The molecule has 4 aromatic carbocycles. The number of ether oxygens (including phenoxy) is 8. The van der Waals surface area contributed by atoms with Gasteiger partial charge in [0.15, 0.2) is 58.9 Å². The van der Waals surface area contributed by atoms with Gasteiger partial charge in [0.05, 0.1) is 89.1 Å². The number of rotatable bonds is 39. The summed E-state index contributed by atoms with van der Waals surface area (Å²) < 4.78 is 158. The molecule has 14 N–H and O–H groups in total. The quantitative estimate of drug-likeness (QED) is 0.00958. The number of carbonyl (C=O) groups is 4. The molecule has 88 heavy (non-hydrogen) atoms. The molecule has 0 unspecified atom stereocenters. The van der Waals surface area contributed by atoms with Crippen molar-refractivity contribution in [2.24, 2.45) is 32.9 Å². The Balaban J connectivity index is 0.951. The second-order valence-corrected chi connectivity index (χ2v) is 21.6. The first kappa shape index (κ1) is 72.5. The minimum Gasteiger partial charge on any atom is -0.451 e. The van der Waals surface area contributed by atoms with Crippen LogP contribution in [0.4, 0.5) is 17.6 Å². The highest BCUT2D eigenvalue weighted by Crippen LogP contribution is 2.32. The summed E-state index contributed by atoms with van der Waals surface area (Å²) >= 11 is 0. The molecule has 4 rings (SSSR count). The molecular formula is C54H68F4N10O18S2. The summed E-state index contributed by atoms with van der Waals surface area (Å²) in [6.07, 6.45) is -1.82. The molecule has 0 aromatic heterocycles. The lowest BCUT2D eigenvalue weighted by molar-refractivity contribution is -0.146. The maximum Gasteiger partial charge on any atom is 0.275 e. The van der Waals surface area contributed by atoms with Crippen LogP contribution in [0.2, 0.25) is 0 Å². The van der Waals surface area contributed by atoms with Crippen molar-refractivity contribution in [3.63, 3.8) is 0 Å². The standard InChI is InChI=1S/C54H68F4N10O18S2/c1-33(49(71)67-53(59)60)27-35-29-41(55)47(42(56)30-35)85-37-3-7-39(8-4-37)87(75,76)65-13-17-81-21-25-83-23-19-79-15-11-63-51(73)45(69)46(70)52(74)64-12-16-80-20-24-84-26-22-82-18-14-66-88(77,78)40-9-5-38(6-10-40)86-48-43(57)31-36(32-44(48)58)28-34(2)50(72)68-54(61)62/h3-10,27-32,45-46,65-66,69-70H,11-26H2,1-2H3,(H,63,73)(H,64,74)(H4,59,60,67,71)(H4,61,62,68,72)/t45-,46-/m1/s1. The second-order valence-electron chi connectivity index (χ2n) is 18.1. The number of sulfonamides is 2. The zero-order valence-electron chi connectivity index (χ0n) is 47.5. The van der Waals surface area contributed by atoms with Crippen LogP contribution in [0.25, 0.3) is 12.2 Å². The van der Waals surface area contributed by atoms with Crippen LogP contribution in [0.3, 0.4) is 0 Å². The molecular weight excluding hydrogens is 1220 g/mol. The lowest BCUT2D eigenvalue weighted by atomic mass is 10.1. The largest absolute Gasteiger partial charge is 0.451 e. The topological polar surface area (TPSA) is 428 Å². The molecule has 0 aliphatic heterocycles. The normalized spacial score (nSPS) is 12.6. The fourth-order valence-corrected chi connectivity index (χ4v) is 8.93. The van der Waals surface area contributed by atoms with E-state index in [1.54, 1.807) is 0 Å². The van der Waals surface area contributed by atoms with E-state index in [0.717, 1.165) is 24.3 Å². The van der Waals surface area contributed by atoms with Gasteiger partial charge in [-0.1, -0.05) is 0 Å². The van der Waals surface area contributed by atoms with E-state index in [1.165, 1.54) is 74.5 Å². The molecule has 0 aliphatic rings. The maximum atomic E-state index is 14.8. The summed E-state index contributed by atoms with van der Waals surface area (Å²) in [5, 5.41) is 24.9. The molecule has 0 bridgehead atoms. The van der Waals surface area contributed by atoms with Gasteiger partial charge in [-0.15, -0.1) is 0 Å². The maximum absolute atomic E-state index is 14.8. The summed E-state index contributed by atoms with van der Waals surface area (Å²) in [6.45, 7) is 3.31. The Bertz CT molecular complexity index is 3070. The van der Waals surface area contributed by atoms with Gasteiger partial charge < -0.3 is 81.7 Å². The molecule has 34 heteroatoms. The third-order valence-corrected chi connectivity index (χ3v) is 14.1. The van der Waals surface area contributed by atoms with Gasteiger partial charge in [-0.05, 0) is 110 Å². The Morgan fingerprint density at radius 1 is 0.477 bits per heavy atom. The second kappa shape index (κ2) is 37.0. The smallest absolute Gasteiger partial charge is 0.275 e. The van der Waals surface area contributed by atoms with E-state index in [9.17, 15) is 63.8 Å². The van der Waals surface area contributed by atoms with Crippen LogP contribution in [0.1, 0.15) is 25.0 Å². The number of halogens is 4. The Morgan fingerprint density at radius 2 is 0.750 bits per heavy atom. The van der Waals surface area contributed by atoms with E-state index >= 15 is 0 Å². The van der Waals surface area contributed by atoms with Crippen molar-refractivity contribution < 1.29 is 102 Å². The number of nitrogens with two attached hydrogens (primary N) is 4. The molecule has 4 amide bonds. The number of nitrogens with one attached hydrogen (secondary N) is 4. The molecule has 0 aliphatic carbocycles. The summed E-state index contributed by atoms with van der Waals surface area (Å²) in [5.41, 5.74) is 20.7. The van der Waals surface area contributed by atoms with Gasteiger partial charge in [0.25, 0.3) is 23.6 Å². The van der Waals surface area contributed by atoms with Gasteiger partial charge in [0.1, 0.15) is 11.5 Å². The third-order valence-electron chi connectivity index (χ3n) is 11.1. The fraction of sp³-hybridized carbons (Fsp3) is 0.370. The van der Waals surface area contributed by atoms with E-state index in [1.807, 2.05) is 0 Å². The van der Waals surface area contributed by atoms with Crippen LogP contribution >= 0.6 is 0 Å². The highest BCUT2D eigenvalue weighted by molar-refractivity contribution is 7.89. The number of hydrogen-bond acceptors (Lipinski definition) is 18. The Labute approximate surface area is 503 Å². The molecule has 0 saturated carbocycles. The number of carbonyl (C=O) groups excluding carboxylic acids is 4. The average Bonchev–Trinajstić information content (AvgIpc) is 3.51. The molecule has 0 heterocycles. The van der Waals surface area contributed by atoms with E-state index < -0.39 is 103 Å². The van der Waals surface area contributed by atoms with Gasteiger partial charge in [-0.2, -0.15) is 9.98 Å². The first-order valence-electron chi connectivity index (χ1n) is 26.3. The summed E-state index contributed by atoms with van der Waals surface area (Å²) in [5.74, 6) is -10.6. The first-order chi connectivity index (χ1) is 41.8. The SMILES string of the molecule is CC(=Cc1cc(F)c(Oc2ccc(S(=O)(=O)NCCOCCOCCOCCNC(=O)[C@H](O)[C@@H](O)C(=O)NCCOCCOCCOCCNS(=O)(=O)c3ccc(Oc4c(F)cc(C=C(C)C(=O)N=C(N)N)cc4F)cc3)cc2)c(F)c1)C(=O)N=C(N)N. The summed E-state index contributed by atoms with van der Waals surface area (Å²) in [6, 6.07) is 13.2. The minimum absolute atomic E-state index is 0.00190. The van der Waals surface area contributed by atoms with Crippen molar-refractivity contribution in [3.05, 3.63) is 118 Å². The Kier molecular flexibility index (Phi) is 30.5. The van der Waals surface area contributed by atoms with Gasteiger partial charge in [-0.3, -0.25) is 19.2 Å². The van der Waals surface area contributed by atoms with Crippen molar-refractivity contribution >= 4 is 67.7 Å². The Morgan fingerprint density at radius 3 is 1.03 bits per heavy atom. The molecule has 0 spiro atoms. The zero-order chi connectivity index (χ0) is 64.8. The van der Waals surface area contributed by atoms with Crippen molar-refractivity contribution in [2.75, 3.05) is 105 Å². The van der Waals surface area contributed by atoms with Crippen molar-refractivity contribution in [1.82, 2.24) is 20.1 Å². The molecule has 482 valence electrons. The molecule has 4 aromatic rings. The Hall–Kier alpha value is -8.00. The molecule has 0 radical (unpaired) electrons. The summed E-state index contributed by atoms with van der Waals surface area (Å²) in [4.78, 5) is 54.7. The van der Waals surface area contributed by atoms with E-state index in [-0.39, 0.29) is 149 Å². The zero-order valence-corrected chi connectivity index (χ0v) is 49.1. The predicted molar refractivity (Wildman–Crippen MR) is 308 cm³/mol. The van der Waals surface area contributed by atoms with Crippen LogP contribution < -0.4 is 52.5 Å². The predicted octanol–water partition coefficient (Wildman–Crippen LogP) is 0.545. The average molecular weight is 1290 g/mol. The van der Waals surface area contributed by atoms with Crippen LogP contribution in [-0.4, -0.2) is 180 Å². The molecule has 28 nitrogen and oxygen atoms in total. The van der Waals surface area contributed by atoms with E-state index in [0.29, 0.717) is 0 Å². The summed E-state index contributed by atoms with van der Waals surface area (Å²) in [7, 11) is -8.00. The minimum atomic E-state index is -4.00. The van der Waals surface area contributed by atoms with Crippen molar-refractivity contribution in [3.8, 4) is 23.0 Å². The monoisotopic (exact) mass is 1280 g/mol. The highest BCUT2D eigenvalue weighted by Gasteiger charge is 2.30. The van der Waals surface area contributed by atoms with Crippen LogP contribution in [0.15, 0.2) is 104 Å². The molecule has 0 fully saturated rings. The van der Waals surface area contributed by atoms with Crippen molar-refractivity contribution in [2.45, 2.75) is 35.8 Å². The van der Waals surface area contributed by atoms with Crippen LogP contribution in [0, 0.1) is 23.3 Å². The lowest BCUT2D eigenvalue weighted by Gasteiger charge is -2.17. The number of nitrogens with zero attached hydrogens (tertiary/aromatic N) is 2. The number of benzene rings is 4. The van der Waals surface area contributed by atoms with Gasteiger partial charge in [0, 0.05) is 37.3 Å². The number of aliphatic imine (C=N–C) groups is 2. The fourth-order valence-electron chi connectivity index (χ4n) is 6.90. The first-order valence-corrected chi connectivity index (χ1v) is 29.3. The van der Waals surface area contributed by atoms with Crippen LogP contribution in [-0.2, 0) is 67.6 Å². The number of guanidine groups is 2. The lowest BCUT2D eigenvalue weighted by Crippen LogP contribution is -2.50. The van der Waals surface area contributed by atoms with Crippen molar-refractivity contribution in [1.29, 1.82) is 0 Å². The van der Waals surface area contributed by atoms with Gasteiger partial charge in [-0.25, -0.2) is 43.8 Å². The van der Waals surface area contributed by atoms with E-state index in [2.05, 4.69) is 30.1 Å². The highest BCUT2D eigenvalue weighted by atomic mass is 32.2. The number of amides is 4. The van der Waals surface area contributed by atoms with Gasteiger partial charge >= 0.3 is 0 Å². The van der Waals surface area contributed by atoms with E-state index in [4.69, 9.17) is 60.8 Å². The third kappa shape index (κ3) is 25.8. The number of aliphatic hydroxyl groups excluding tert-OH is 2. The molecule has 0 saturated heterocycles. The molecule has 2 atom stereocenters.